The molecule has 0 radical (unpaired) electrons. The Morgan fingerprint density at radius 3 is 2.67 bits per heavy atom. The summed E-state index contributed by atoms with van der Waals surface area (Å²) in [7, 11) is 0. The van der Waals surface area contributed by atoms with Gasteiger partial charge in [-0.3, -0.25) is 0 Å². The topological polar surface area (TPSA) is 38.7 Å². The number of esters is 1. The SMILES string of the molecule is C=C(/N=C(/Cl)C(=CC)C(=O)OCC)SC. The number of rotatable bonds is 5. The molecule has 84 valence electrons. The first-order valence-electron chi connectivity index (χ1n) is 4.37. The first-order chi connectivity index (χ1) is 7.06. The second-order valence-electron chi connectivity index (χ2n) is 2.42. The zero-order valence-electron chi connectivity index (χ0n) is 9.04. The van der Waals surface area contributed by atoms with Crippen molar-refractivity contribution in [3.63, 3.8) is 0 Å². The second kappa shape index (κ2) is 7.54. The molecule has 0 rings (SSSR count). The lowest BCUT2D eigenvalue weighted by Gasteiger charge is -2.04. The number of halogens is 1. The first-order valence-corrected chi connectivity index (χ1v) is 5.97. The van der Waals surface area contributed by atoms with Crippen molar-refractivity contribution in [3.8, 4) is 0 Å². The summed E-state index contributed by atoms with van der Waals surface area (Å²) in [4.78, 5) is 15.3. The smallest absolute Gasteiger partial charge is 0.340 e. The molecule has 0 aliphatic rings. The third-order valence-electron chi connectivity index (χ3n) is 1.46. The van der Waals surface area contributed by atoms with Gasteiger partial charge in [-0.1, -0.05) is 24.3 Å². The van der Waals surface area contributed by atoms with Crippen LogP contribution in [0.25, 0.3) is 0 Å². The summed E-state index contributed by atoms with van der Waals surface area (Å²) in [5.74, 6) is -0.470. The van der Waals surface area contributed by atoms with Gasteiger partial charge in [-0.05, 0) is 20.1 Å². The lowest BCUT2D eigenvalue weighted by Crippen LogP contribution is -2.12. The molecule has 0 aliphatic heterocycles. The minimum absolute atomic E-state index is 0.107. The van der Waals surface area contributed by atoms with Crippen molar-refractivity contribution in [1.82, 2.24) is 0 Å². The van der Waals surface area contributed by atoms with Crippen molar-refractivity contribution in [2.45, 2.75) is 13.8 Å². The molecule has 0 heterocycles. The standard InChI is InChI=1S/C10H14ClNO2S/c1-5-8(10(13)14-6-2)9(11)12-7(3)15-4/h5H,3,6H2,1-2,4H3/b8-5?,12-9+. The Kier molecular flexibility index (Phi) is 7.17. The monoisotopic (exact) mass is 247 g/mol. The molecular formula is C10H14ClNO2S. The quantitative estimate of drug-likeness (QED) is 0.426. The lowest BCUT2D eigenvalue weighted by atomic mass is 10.3. The van der Waals surface area contributed by atoms with E-state index in [1.54, 1.807) is 19.9 Å². The molecule has 0 amide bonds. The largest absolute Gasteiger partial charge is 0.462 e. The van der Waals surface area contributed by atoms with Crippen LogP contribution in [0.5, 0.6) is 0 Å². The summed E-state index contributed by atoms with van der Waals surface area (Å²) >= 11 is 7.22. The van der Waals surface area contributed by atoms with Crippen LogP contribution in [-0.2, 0) is 9.53 Å². The van der Waals surface area contributed by atoms with Crippen molar-refractivity contribution >= 4 is 34.5 Å². The van der Waals surface area contributed by atoms with Crippen molar-refractivity contribution in [2.24, 2.45) is 4.99 Å². The molecule has 0 aromatic rings. The zero-order valence-corrected chi connectivity index (χ0v) is 10.6. The van der Waals surface area contributed by atoms with E-state index in [0.29, 0.717) is 11.6 Å². The van der Waals surface area contributed by atoms with E-state index >= 15 is 0 Å². The molecule has 0 aromatic heterocycles. The van der Waals surface area contributed by atoms with E-state index in [-0.39, 0.29) is 10.7 Å². The molecule has 0 bridgehead atoms. The maximum atomic E-state index is 11.4. The molecule has 0 spiro atoms. The van der Waals surface area contributed by atoms with Crippen LogP contribution in [0.3, 0.4) is 0 Å². The average Bonchev–Trinajstić information content (AvgIpc) is 2.19. The Balaban J connectivity index is 4.77. The van der Waals surface area contributed by atoms with Gasteiger partial charge >= 0.3 is 5.97 Å². The van der Waals surface area contributed by atoms with E-state index in [1.165, 1.54) is 11.8 Å². The van der Waals surface area contributed by atoms with E-state index in [4.69, 9.17) is 16.3 Å². The Labute approximate surface area is 99.2 Å². The number of thioether (sulfide) groups is 1. The Morgan fingerprint density at radius 2 is 2.27 bits per heavy atom. The summed E-state index contributed by atoms with van der Waals surface area (Å²) in [6, 6.07) is 0. The number of hydrogen-bond donors (Lipinski definition) is 0. The van der Waals surface area contributed by atoms with E-state index in [2.05, 4.69) is 11.6 Å². The third kappa shape index (κ3) is 5.04. The fraction of sp³-hybridized carbons (Fsp3) is 0.400. The molecule has 5 heteroatoms. The van der Waals surface area contributed by atoms with Crippen LogP contribution in [0.2, 0.25) is 0 Å². The fourth-order valence-electron chi connectivity index (χ4n) is 0.745. The summed E-state index contributed by atoms with van der Waals surface area (Å²) in [6.07, 6.45) is 3.40. The second-order valence-corrected chi connectivity index (χ2v) is 3.66. The van der Waals surface area contributed by atoms with E-state index in [9.17, 15) is 4.79 Å². The number of hydrogen-bond acceptors (Lipinski definition) is 4. The van der Waals surface area contributed by atoms with Crippen LogP contribution in [0, 0.1) is 0 Å². The number of allylic oxidation sites excluding steroid dienone is 1. The normalized spacial score (nSPS) is 12.5. The zero-order chi connectivity index (χ0) is 11.8. The van der Waals surface area contributed by atoms with Crippen LogP contribution in [0.1, 0.15) is 13.8 Å². The van der Waals surface area contributed by atoms with Crippen LogP contribution >= 0.6 is 23.4 Å². The molecule has 0 fully saturated rings. The van der Waals surface area contributed by atoms with E-state index in [1.807, 2.05) is 6.26 Å². The molecule has 0 unspecified atom stereocenters. The van der Waals surface area contributed by atoms with Gasteiger partial charge in [0.25, 0.3) is 0 Å². The van der Waals surface area contributed by atoms with Crippen LogP contribution in [0.15, 0.2) is 28.2 Å². The summed E-state index contributed by atoms with van der Waals surface area (Å²) in [5, 5.41) is 0.652. The minimum atomic E-state index is -0.470. The summed E-state index contributed by atoms with van der Waals surface area (Å²) in [5.41, 5.74) is 0.258. The van der Waals surface area contributed by atoms with Crippen molar-refractivity contribution < 1.29 is 9.53 Å². The highest BCUT2D eigenvalue weighted by Crippen LogP contribution is 2.14. The van der Waals surface area contributed by atoms with E-state index in [0.717, 1.165) is 0 Å². The number of aliphatic imine (C=N–C) groups is 1. The Hall–Kier alpha value is -0.740. The van der Waals surface area contributed by atoms with Gasteiger partial charge in [0.15, 0.2) is 0 Å². The highest BCUT2D eigenvalue weighted by molar-refractivity contribution is 8.02. The predicted molar refractivity (Wildman–Crippen MR) is 66.3 cm³/mol. The van der Waals surface area contributed by atoms with Gasteiger partial charge in [-0.25, -0.2) is 9.79 Å². The molecule has 0 aromatic carbocycles. The number of nitrogens with zero attached hydrogens (tertiary/aromatic N) is 1. The van der Waals surface area contributed by atoms with Gasteiger partial charge in [-0.15, -0.1) is 11.8 Å². The van der Waals surface area contributed by atoms with Crippen LogP contribution in [-0.4, -0.2) is 24.0 Å². The van der Waals surface area contributed by atoms with Crippen molar-refractivity contribution in [3.05, 3.63) is 23.3 Å². The number of ether oxygens (including phenoxy) is 1. The van der Waals surface area contributed by atoms with Gasteiger partial charge < -0.3 is 4.74 Å². The van der Waals surface area contributed by atoms with Gasteiger partial charge in [0.05, 0.1) is 17.2 Å². The minimum Gasteiger partial charge on any atom is -0.462 e. The first kappa shape index (κ1) is 14.3. The maximum absolute atomic E-state index is 11.4. The van der Waals surface area contributed by atoms with Gasteiger partial charge in [0.2, 0.25) is 0 Å². The number of carbonyl (C=O) groups is 1. The molecular weight excluding hydrogens is 234 g/mol. The molecule has 3 nitrogen and oxygen atoms in total. The van der Waals surface area contributed by atoms with Gasteiger partial charge in [-0.2, -0.15) is 0 Å². The molecule has 15 heavy (non-hydrogen) atoms. The molecule has 0 saturated heterocycles. The molecule has 0 N–H and O–H groups in total. The molecule has 0 atom stereocenters. The maximum Gasteiger partial charge on any atom is 0.340 e. The third-order valence-corrected chi connectivity index (χ3v) is 2.32. The highest BCUT2D eigenvalue weighted by atomic mass is 35.5. The number of carbonyl (C=O) groups excluding carboxylic acids is 1. The van der Waals surface area contributed by atoms with Crippen molar-refractivity contribution in [1.29, 1.82) is 0 Å². The lowest BCUT2D eigenvalue weighted by molar-refractivity contribution is -0.137. The van der Waals surface area contributed by atoms with Crippen LogP contribution < -0.4 is 0 Å². The Morgan fingerprint density at radius 1 is 1.67 bits per heavy atom. The van der Waals surface area contributed by atoms with Gasteiger partial charge in [0, 0.05) is 0 Å². The average molecular weight is 248 g/mol. The summed E-state index contributed by atoms with van der Waals surface area (Å²) < 4.78 is 4.82. The molecule has 0 aliphatic carbocycles. The van der Waals surface area contributed by atoms with E-state index < -0.39 is 5.97 Å². The molecule has 0 saturated carbocycles. The predicted octanol–water partition coefficient (Wildman–Crippen LogP) is 2.97. The van der Waals surface area contributed by atoms with Crippen LogP contribution in [0.4, 0.5) is 0 Å². The van der Waals surface area contributed by atoms with Gasteiger partial charge in [0.1, 0.15) is 5.17 Å². The highest BCUT2D eigenvalue weighted by Gasteiger charge is 2.14. The fourth-order valence-corrected chi connectivity index (χ4v) is 1.27. The van der Waals surface area contributed by atoms with Crippen molar-refractivity contribution in [2.75, 3.05) is 12.9 Å². The summed E-state index contributed by atoms with van der Waals surface area (Å²) in [6.45, 7) is 7.39. The Bertz CT molecular complexity index is 311.